The summed E-state index contributed by atoms with van der Waals surface area (Å²) in [5.74, 6) is -1.00. The van der Waals surface area contributed by atoms with Gasteiger partial charge in [0.1, 0.15) is 6.54 Å². The predicted molar refractivity (Wildman–Crippen MR) is 105 cm³/mol. The largest absolute Gasteiger partial charge is 0.544 e. The Morgan fingerprint density at radius 3 is 1.88 bits per heavy atom. The Labute approximate surface area is 155 Å². The van der Waals surface area contributed by atoms with Crippen molar-refractivity contribution in [1.29, 1.82) is 0 Å². The number of hydrogen-bond acceptors (Lipinski definition) is 4. The minimum absolute atomic E-state index is 0.0694. The number of quaternary nitrogens is 1. The molecule has 0 aromatic heterocycles. The van der Waals surface area contributed by atoms with E-state index >= 15 is 0 Å². The fraction of sp³-hybridized carbons (Fsp3) is 0.900. The number of likely N-dealkylation sites (N-methyl/N-ethyl adjacent to an activating group) is 1. The molecular formula is C20H41N3O2. The van der Waals surface area contributed by atoms with Gasteiger partial charge in [-0.25, -0.2) is 0 Å². The van der Waals surface area contributed by atoms with Gasteiger partial charge < -0.3 is 19.3 Å². The lowest BCUT2D eigenvalue weighted by atomic mass is 10.1. The molecule has 0 saturated heterocycles. The van der Waals surface area contributed by atoms with Gasteiger partial charge in [0.15, 0.2) is 0 Å². The van der Waals surface area contributed by atoms with Crippen LogP contribution in [0.15, 0.2) is 4.99 Å². The summed E-state index contributed by atoms with van der Waals surface area (Å²) in [7, 11) is 5.40. The van der Waals surface area contributed by atoms with Crippen molar-refractivity contribution < 1.29 is 14.4 Å². The molecule has 1 aliphatic rings. The Balaban J connectivity index is 0.000000609. The smallest absolute Gasteiger partial charge is 0.118 e. The average Bonchev–Trinajstić information content (AvgIpc) is 3.00. The number of carboxylic acids is 1. The Morgan fingerprint density at radius 1 is 1.00 bits per heavy atom. The molecule has 25 heavy (non-hydrogen) atoms. The molecule has 0 radical (unpaired) electrons. The van der Waals surface area contributed by atoms with Gasteiger partial charge >= 0.3 is 0 Å². The number of carboxylic acid groups (broad SMARTS) is 1. The zero-order chi connectivity index (χ0) is 19.0. The minimum Gasteiger partial charge on any atom is -0.544 e. The van der Waals surface area contributed by atoms with Crippen molar-refractivity contribution in [2.24, 2.45) is 4.99 Å². The number of carbonyl (C=O) groups is 1. The highest BCUT2D eigenvalue weighted by atomic mass is 16.4. The molecule has 0 saturated carbocycles. The molecule has 0 N–H and O–H groups in total. The van der Waals surface area contributed by atoms with E-state index in [1.54, 1.807) is 21.1 Å². The van der Waals surface area contributed by atoms with Gasteiger partial charge in [-0.2, -0.15) is 0 Å². The standard InChI is InChI=1S/C15H30N2.C5H11NO2/c1-2-3-4-5-6-7-8-9-10-11-13-17-14-12-16-15-17;1-6(2,3)4-5(7)8/h15H,2-14H2,1H3;4H2,1-3H3. The normalized spacial score (nSPS) is 13.7. The highest BCUT2D eigenvalue weighted by molar-refractivity contribution is 5.65. The Hall–Kier alpha value is -1.10. The lowest BCUT2D eigenvalue weighted by molar-refractivity contribution is -0.864. The van der Waals surface area contributed by atoms with Crippen LogP contribution in [0.4, 0.5) is 0 Å². The van der Waals surface area contributed by atoms with Crippen molar-refractivity contribution in [2.45, 2.75) is 71.1 Å². The zero-order valence-electron chi connectivity index (χ0n) is 17.1. The maximum absolute atomic E-state index is 9.89. The van der Waals surface area contributed by atoms with Gasteiger partial charge in [-0.15, -0.1) is 0 Å². The molecule has 0 amide bonds. The summed E-state index contributed by atoms with van der Waals surface area (Å²) < 4.78 is 0.419. The molecule has 148 valence electrons. The van der Waals surface area contributed by atoms with Crippen LogP contribution in [0.1, 0.15) is 71.1 Å². The summed E-state index contributed by atoms with van der Waals surface area (Å²) in [6.45, 7) is 5.74. The van der Waals surface area contributed by atoms with E-state index in [2.05, 4.69) is 16.8 Å². The lowest BCUT2D eigenvalue weighted by Gasteiger charge is -2.23. The first-order chi connectivity index (χ1) is 11.8. The van der Waals surface area contributed by atoms with E-state index in [1.165, 1.54) is 70.8 Å². The maximum Gasteiger partial charge on any atom is 0.118 e. The number of aliphatic imine (C=N–C) groups is 1. The Bertz CT molecular complexity index is 351. The second-order valence-corrected chi connectivity index (χ2v) is 8.06. The Kier molecular flexibility index (Phi) is 14.5. The van der Waals surface area contributed by atoms with Crippen LogP contribution < -0.4 is 5.11 Å². The van der Waals surface area contributed by atoms with Crippen molar-refractivity contribution in [2.75, 3.05) is 47.3 Å². The van der Waals surface area contributed by atoms with E-state index in [4.69, 9.17) is 0 Å². The number of rotatable bonds is 13. The molecule has 0 fully saturated rings. The van der Waals surface area contributed by atoms with E-state index in [1.807, 2.05) is 6.34 Å². The van der Waals surface area contributed by atoms with Gasteiger partial charge in [0.2, 0.25) is 0 Å². The average molecular weight is 356 g/mol. The minimum atomic E-state index is -1.00. The first-order valence-electron chi connectivity index (χ1n) is 10.1. The van der Waals surface area contributed by atoms with E-state index in [9.17, 15) is 9.90 Å². The quantitative estimate of drug-likeness (QED) is 0.377. The molecule has 5 heteroatoms. The summed E-state index contributed by atoms with van der Waals surface area (Å²) in [4.78, 5) is 16.5. The third-order valence-corrected chi connectivity index (χ3v) is 4.16. The van der Waals surface area contributed by atoms with Gasteiger partial charge in [-0.1, -0.05) is 64.7 Å². The van der Waals surface area contributed by atoms with Gasteiger partial charge in [0.25, 0.3) is 0 Å². The molecule has 1 aliphatic heterocycles. The SMILES string of the molecule is CCCCCCCCCCCCN1C=NCC1.C[N+](C)(C)CC(=O)[O-]. The second kappa shape index (κ2) is 15.2. The maximum atomic E-state index is 9.89. The summed E-state index contributed by atoms with van der Waals surface area (Å²) in [5.41, 5.74) is 0. The summed E-state index contributed by atoms with van der Waals surface area (Å²) in [6, 6.07) is 0. The van der Waals surface area contributed by atoms with Crippen molar-refractivity contribution in [3.05, 3.63) is 0 Å². The molecule has 1 heterocycles. The lowest BCUT2D eigenvalue weighted by Crippen LogP contribution is -2.45. The fourth-order valence-electron chi connectivity index (χ4n) is 2.78. The van der Waals surface area contributed by atoms with Gasteiger partial charge in [-0.05, 0) is 6.42 Å². The van der Waals surface area contributed by atoms with Gasteiger partial charge in [0, 0.05) is 13.1 Å². The molecule has 5 nitrogen and oxygen atoms in total. The van der Waals surface area contributed by atoms with Crippen LogP contribution in [-0.4, -0.2) is 69.0 Å². The first kappa shape index (κ1) is 23.9. The summed E-state index contributed by atoms with van der Waals surface area (Å²) in [5, 5.41) is 9.89. The van der Waals surface area contributed by atoms with Gasteiger partial charge in [-0.3, -0.25) is 4.99 Å². The van der Waals surface area contributed by atoms with E-state index in [0.717, 1.165) is 13.1 Å². The van der Waals surface area contributed by atoms with E-state index in [-0.39, 0.29) is 6.54 Å². The van der Waals surface area contributed by atoms with Crippen LogP contribution in [-0.2, 0) is 4.79 Å². The first-order valence-corrected chi connectivity index (χ1v) is 10.1. The number of hydrogen-bond donors (Lipinski definition) is 0. The van der Waals surface area contributed by atoms with Crippen molar-refractivity contribution in [3.8, 4) is 0 Å². The molecule has 0 bridgehead atoms. The van der Waals surface area contributed by atoms with Crippen LogP contribution in [0.5, 0.6) is 0 Å². The van der Waals surface area contributed by atoms with Crippen molar-refractivity contribution in [3.63, 3.8) is 0 Å². The number of nitrogens with zero attached hydrogens (tertiary/aromatic N) is 3. The van der Waals surface area contributed by atoms with Crippen molar-refractivity contribution >= 4 is 12.3 Å². The van der Waals surface area contributed by atoms with Gasteiger partial charge in [0.05, 0.1) is 40.0 Å². The molecule has 0 aromatic rings. The Morgan fingerprint density at radius 2 is 1.52 bits per heavy atom. The highest BCUT2D eigenvalue weighted by Gasteiger charge is 2.05. The van der Waals surface area contributed by atoms with Crippen LogP contribution in [0.3, 0.4) is 0 Å². The summed E-state index contributed by atoms with van der Waals surface area (Å²) in [6.07, 6.45) is 16.3. The molecule has 0 atom stereocenters. The topological polar surface area (TPSA) is 55.7 Å². The fourth-order valence-corrected chi connectivity index (χ4v) is 2.78. The van der Waals surface area contributed by atoms with Crippen LogP contribution in [0.25, 0.3) is 0 Å². The molecule has 0 unspecified atom stereocenters. The second-order valence-electron chi connectivity index (χ2n) is 8.06. The van der Waals surface area contributed by atoms with Crippen LogP contribution >= 0.6 is 0 Å². The van der Waals surface area contributed by atoms with Crippen LogP contribution in [0.2, 0.25) is 0 Å². The van der Waals surface area contributed by atoms with E-state index in [0.29, 0.717) is 4.48 Å². The predicted octanol–water partition coefficient (Wildman–Crippen LogP) is 2.69. The number of carbonyl (C=O) groups excluding carboxylic acids is 1. The van der Waals surface area contributed by atoms with Crippen LogP contribution in [0, 0.1) is 0 Å². The monoisotopic (exact) mass is 355 g/mol. The van der Waals surface area contributed by atoms with Crippen molar-refractivity contribution in [1.82, 2.24) is 4.90 Å². The third-order valence-electron chi connectivity index (χ3n) is 4.16. The number of unbranched alkanes of at least 4 members (excludes halogenated alkanes) is 9. The summed E-state index contributed by atoms with van der Waals surface area (Å²) >= 11 is 0. The molecule has 0 aliphatic carbocycles. The molecule has 1 rings (SSSR count). The highest BCUT2D eigenvalue weighted by Crippen LogP contribution is 2.10. The zero-order valence-corrected chi connectivity index (χ0v) is 17.1. The molecular weight excluding hydrogens is 314 g/mol. The molecule has 0 aromatic carbocycles. The van der Waals surface area contributed by atoms with E-state index < -0.39 is 5.97 Å². The third kappa shape index (κ3) is 19.1. The number of aliphatic carboxylic acids is 1. The molecule has 0 spiro atoms.